The largest absolute Gasteiger partial charge is 0.385 e. The molecule has 0 amide bonds. The molecule has 0 radical (unpaired) electrons. The van der Waals surface area contributed by atoms with Gasteiger partial charge in [0.05, 0.1) is 17.8 Å². The minimum atomic E-state index is -0.0279. The molecule has 34 heavy (non-hydrogen) atoms. The van der Waals surface area contributed by atoms with Crippen LogP contribution in [0.2, 0.25) is 0 Å². The zero-order chi connectivity index (χ0) is 23.3. The molecule has 7 heteroatoms. The van der Waals surface area contributed by atoms with Gasteiger partial charge in [0.1, 0.15) is 0 Å². The molecule has 1 saturated heterocycles. The Morgan fingerprint density at radius 1 is 0.941 bits per heavy atom. The molecule has 1 aliphatic heterocycles. The lowest BCUT2D eigenvalue weighted by molar-refractivity contribution is 0.307. The number of halogens is 1. The second-order valence-electron chi connectivity index (χ2n) is 8.25. The third kappa shape index (κ3) is 4.86. The molecule has 1 aliphatic rings. The van der Waals surface area contributed by atoms with E-state index in [2.05, 4.69) is 102 Å². The summed E-state index contributed by atoms with van der Waals surface area (Å²) in [5, 5.41) is 7.83. The first kappa shape index (κ1) is 22.6. The van der Waals surface area contributed by atoms with E-state index in [1.54, 1.807) is 0 Å². The highest BCUT2D eigenvalue weighted by molar-refractivity contribution is 9.10. The van der Waals surface area contributed by atoms with Gasteiger partial charge in [0.25, 0.3) is 0 Å². The number of nitrogens with one attached hydrogen (secondary N) is 2. The van der Waals surface area contributed by atoms with Crippen molar-refractivity contribution in [1.29, 1.82) is 0 Å². The fraction of sp³-hybridized carbons (Fsp3) is 0.185. The molecule has 5 rings (SSSR count). The van der Waals surface area contributed by atoms with Crippen LogP contribution in [-0.2, 0) is 0 Å². The molecule has 2 N–H and O–H groups in total. The fourth-order valence-corrected chi connectivity index (χ4v) is 5.07. The van der Waals surface area contributed by atoms with Gasteiger partial charge < -0.3 is 20.1 Å². The zero-order valence-electron chi connectivity index (χ0n) is 18.6. The van der Waals surface area contributed by atoms with Crippen molar-refractivity contribution in [3.63, 3.8) is 0 Å². The number of rotatable bonds is 8. The van der Waals surface area contributed by atoms with Crippen LogP contribution in [0.5, 0.6) is 0 Å². The molecule has 172 valence electrons. The molecule has 4 aromatic rings. The van der Waals surface area contributed by atoms with Crippen molar-refractivity contribution >= 4 is 38.9 Å². The molecule has 0 saturated carbocycles. The summed E-state index contributed by atoms with van der Waals surface area (Å²) >= 11 is 9.38. The van der Waals surface area contributed by atoms with Crippen molar-refractivity contribution < 1.29 is 0 Å². The number of para-hydroxylation sites is 1. The van der Waals surface area contributed by atoms with E-state index in [4.69, 9.17) is 12.2 Å². The van der Waals surface area contributed by atoms with Crippen LogP contribution < -0.4 is 10.6 Å². The molecular weight excluding hydrogens is 506 g/mol. The summed E-state index contributed by atoms with van der Waals surface area (Å²) in [4.78, 5) is 6.97. The molecular formula is C27H26BrN5S. The number of pyridine rings is 1. The van der Waals surface area contributed by atoms with Crippen molar-refractivity contribution in [2.75, 3.05) is 18.4 Å². The van der Waals surface area contributed by atoms with Crippen molar-refractivity contribution in [3.8, 4) is 5.69 Å². The SMILES string of the molecule is S=C1N[C@@H](c2ccccn2)[C@H](c2cccn2-c2ccc(Br)cc2)N1CCCNc1ccccc1. The molecule has 2 aromatic heterocycles. The smallest absolute Gasteiger partial charge is 0.170 e. The van der Waals surface area contributed by atoms with Crippen LogP contribution in [0.3, 0.4) is 0 Å². The molecule has 1 fully saturated rings. The number of thiocarbonyl (C=S) groups is 1. The van der Waals surface area contributed by atoms with Gasteiger partial charge in [0, 0.05) is 47.0 Å². The summed E-state index contributed by atoms with van der Waals surface area (Å²) in [6, 6.07) is 29.0. The summed E-state index contributed by atoms with van der Waals surface area (Å²) in [6.45, 7) is 1.71. The number of anilines is 1. The Morgan fingerprint density at radius 2 is 1.74 bits per heavy atom. The van der Waals surface area contributed by atoms with Crippen LogP contribution in [0.1, 0.15) is 29.9 Å². The van der Waals surface area contributed by atoms with E-state index < -0.39 is 0 Å². The molecule has 3 heterocycles. The van der Waals surface area contributed by atoms with Gasteiger partial charge in [-0.2, -0.15) is 0 Å². The molecule has 2 aromatic carbocycles. The summed E-state index contributed by atoms with van der Waals surface area (Å²) < 4.78 is 3.31. The van der Waals surface area contributed by atoms with Crippen molar-refractivity contribution in [3.05, 3.63) is 113 Å². The number of hydrogen-bond donors (Lipinski definition) is 2. The summed E-state index contributed by atoms with van der Waals surface area (Å²) in [5.74, 6) is 0. The quantitative estimate of drug-likeness (QED) is 0.212. The van der Waals surface area contributed by atoms with E-state index in [-0.39, 0.29) is 12.1 Å². The van der Waals surface area contributed by atoms with E-state index in [0.717, 1.165) is 46.2 Å². The third-order valence-corrected chi connectivity index (χ3v) is 6.95. The Morgan fingerprint density at radius 3 is 2.50 bits per heavy atom. The number of aromatic nitrogens is 2. The first-order valence-corrected chi connectivity index (χ1v) is 12.6. The second-order valence-corrected chi connectivity index (χ2v) is 9.55. The Kier molecular flexibility index (Phi) is 6.92. The maximum absolute atomic E-state index is 5.84. The monoisotopic (exact) mass is 531 g/mol. The van der Waals surface area contributed by atoms with Crippen LogP contribution in [0.4, 0.5) is 5.69 Å². The van der Waals surface area contributed by atoms with E-state index in [1.807, 2.05) is 36.5 Å². The maximum Gasteiger partial charge on any atom is 0.170 e. The normalized spacial score (nSPS) is 17.6. The molecule has 0 unspecified atom stereocenters. The highest BCUT2D eigenvalue weighted by atomic mass is 79.9. The van der Waals surface area contributed by atoms with E-state index >= 15 is 0 Å². The minimum absolute atomic E-state index is 0.0257. The highest BCUT2D eigenvalue weighted by Crippen LogP contribution is 2.39. The van der Waals surface area contributed by atoms with Crippen LogP contribution >= 0.6 is 28.1 Å². The average Bonchev–Trinajstić information content (AvgIpc) is 3.48. The lowest BCUT2D eigenvalue weighted by Crippen LogP contribution is -2.32. The lowest BCUT2D eigenvalue weighted by Gasteiger charge is -2.29. The van der Waals surface area contributed by atoms with Gasteiger partial charge >= 0.3 is 0 Å². The van der Waals surface area contributed by atoms with Crippen LogP contribution in [0.15, 0.2) is 102 Å². The predicted molar refractivity (Wildman–Crippen MR) is 145 cm³/mol. The number of hydrogen-bond acceptors (Lipinski definition) is 3. The molecule has 0 aliphatic carbocycles. The Labute approximate surface area is 214 Å². The van der Waals surface area contributed by atoms with Crippen LogP contribution in [0, 0.1) is 0 Å². The number of benzene rings is 2. The van der Waals surface area contributed by atoms with Crippen molar-refractivity contribution in [1.82, 2.24) is 19.8 Å². The van der Waals surface area contributed by atoms with E-state index in [0.29, 0.717) is 0 Å². The van der Waals surface area contributed by atoms with Gasteiger partial charge in [-0.3, -0.25) is 4.98 Å². The van der Waals surface area contributed by atoms with Crippen molar-refractivity contribution in [2.24, 2.45) is 0 Å². The highest BCUT2D eigenvalue weighted by Gasteiger charge is 2.40. The van der Waals surface area contributed by atoms with Crippen LogP contribution in [-0.4, -0.2) is 32.7 Å². The molecule has 5 nitrogen and oxygen atoms in total. The van der Waals surface area contributed by atoms with Gasteiger partial charge in [-0.1, -0.05) is 40.2 Å². The summed E-state index contributed by atoms with van der Waals surface area (Å²) in [5.41, 5.74) is 4.42. The standard InChI is InChI=1S/C27H26BrN5S/c28-20-12-14-22(15-13-20)32-18-6-11-24(32)26-25(23-10-4-5-16-30-23)31-27(34)33(26)19-7-17-29-21-8-2-1-3-9-21/h1-6,8-16,18,25-26,29H,7,17,19H2,(H,31,34)/t25-,26-/m0/s1. The first-order valence-electron chi connectivity index (χ1n) is 11.4. The maximum atomic E-state index is 5.84. The van der Waals surface area contributed by atoms with Gasteiger partial charge in [-0.25, -0.2) is 0 Å². The minimum Gasteiger partial charge on any atom is -0.385 e. The molecule has 2 atom stereocenters. The predicted octanol–water partition coefficient (Wildman–Crippen LogP) is 6.11. The third-order valence-electron chi connectivity index (χ3n) is 6.06. The van der Waals surface area contributed by atoms with Gasteiger partial charge in [0.2, 0.25) is 0 Å². The summed E-state index contributed by atoms with van der Waals surface area (Å²) in [6.07, 6.45) is 4.92. The Bertz CT molecular complexity index is 1230. The number of nitrogens with zero attached hydrogens (tertiary/aromatic N) is 3. The van der Waals surface area contributed by atoms with Gasteiger partial charge in [-0.05, 0) is 79.3 Å². The second kappa shape index (κ2) is 10.4. The molecule has 0 spiro atoms. The average molecular weight is 533 g/mol. The summed E-state index contributed by atoms with van der Waals surface area (Å²) in [7, 11) is 0. The Balaban J connectivity index is 1.42. The zero-order valence-corrected chi connectivity index (χ0v) is 21.0. The van der Waals surface area contributed by atoms with Crippen LogP contribution in [0.25, 0.3) is 5.69 Å². The topological polar surface area (TPSA) is 45.1 Å². The van der Waals surface area contributed by atoms with E-state index in [1.165, 1.54) is 5.69 Å². The molecule has 0 bridgehead atoms. The first-order chi connectivity index (χ1) is 16.7. The van der Waals surface area contributed by atoms with Gasteiger partial charge in [-0.15, -0.1) is 0 Å². The fourth-order valence-electron chi connectivity index (χ4n) is 4.48. The van der Waals surface area contributed by atoms with E-state index in [9.17, 15) is 0 Å². The lowest BCUT2D eigenvalue weighted by atomic mass is 10.0. The Hall–Kier alpha value is -3.16. The van der Waals surface area contributed by atoms with Crippen molar-refractivity contribution in [2.45, 2.75) is 18.5 Å². The van der Waals surface area contributed by atoms with Gasteiger partial charge in [0.15, 0.2) is 5.11 Å².